The number of rotatable bonds is 4. The van der Waals surface area contributed by atoms with Crippen molar-refractivity contribution in [1.29, 1.82) is 0 Å². The van der Waals surface area contributed by atoms with Gasteiger partial charge in [0.05, 0.1) is 12.3 Å². The van der Waals surface area contributed by atoms with Gasteiger partial charge in [-0.2, -0.15) is 0 Å². The second kappa shape index (κ2) is 5.08. The number of amides is 1. The molecule has 0 aliphatic heterocycles. The summed E-state index contributed by atoms with van der Waals surface area (Å²) in [5.74, 6) is 0.567. The number of carbonyl (C=O) groups is 1. The fourth-order valence-corrected chi connectivity index (χ4v) is 1.96. The van der Waals surface area contributed by atoms with Crippen molar-refractivity contribution in [3.63, 3.8) is 0 Å². The lowest BCUT2D eigenvalue weighted by atomic mass is 10.2. The van der Waals surface area contributed by atoms with E-state index in [-0.39, 0.29) is 5.91 Å². The Labute approximate surface area is 106 Å². The van der Waals surface area contributed by atoms with Crippen molar-refractivity contribution in [1.82, 2.24) is 14.7 Å². The van der Waals surface area contributed by atoms with Gasteiger partial charge in [0.1, 0.15) is 5.69 Å². The largest absolute Gasteiger partial charge is 0.490 e. The summed E-state index contributed by atoms with van der Waals surface area (Å²) in [6.07, 6.45) is 2.53. The average Bonchev–Trinajstić information content (AvgIpc) is 2.77. The van der Waals surface area contributed by atoms with Crippen LogP contribution in [0.1, 0.15) is 30.0 Å². The molecule has 1 N–H and O–H groups in total. The predicted octanol–water partition coefficient (Wildman–Crippen LogP) is 1.66. The van der Waals surface area contributed by atoms with Crippen molar-refractivity contribution >= 4 is 11.6 Å². The summed E-state index contributed by atoms with van der Waals surface area (Å²) in [4.78, 5) is 16.4. The van der Waals surface area contributed by atoms with Crippen molar-refractivity contribution in [2.24, 2.45) is 0 Å². The van der Waals surface area contributed by atoms with E-state index < -0.39 is 0 Å². The quantitative estimate of drug-likeness (QED) is 0.893. The van der Waals surface area contributed by atoms with Gasteiger partial charge >= 0.3 is 0 Å². The molecule has 0 aliphatic rings. The molecule has 2 aromatic rings. The first-order valence-corrected chi connectivity index (χ1v) is 6.07. The summed E-state index contributed by atoms with van der Waals surface area (Å²) in [7, 11) is 1.62. The Morgan fingerprint density at radius 3 is 2.89 bits per heavy atom. The van der Waals surface area contributed by atoms with Crippen LogP contribution in [0.25, 0.3) is 5.65 Å². The van der Waals surface area contributed by atoms with E-state index in [9.17, 15) is 4.79 Å². The van der Waals surface area contributed by atoms with Crippen LogP contribution >= 0.6 is 0 Å². The highest BCUT2D eigenvalue weighted by molar-refractivity contribution is 5.94. The second-order valence-corrected chi connectivity index (χ2v) is 3.84. The zero-order valence-corrected chi connectivity index (χ0v) is 10.9. The van der Waals surface area contributed by atoms with Crippen LogP contribution in [0.5, 0.6) is 5.75 Å². The molecule has 0 radical (unpaired) electrons. The molecule has 0 saturated heterocycles. The maximum Gasteiger partial charge on any atom is 0.269 e. The zero-order valence-electron chi connectivity index (χ0n) is 10.9. The van der Waals surface area contributed by atoms with Crippen LogP contribution in [0.2, 0.25) is 0 Å². The third-order valence-electron chi connectivity index (χ3n) is 2.76. The fourth-order valence-electron chi connectivity index (χ4n) is 1.96. The van der Waals surface area contributed by atoms with Gasteiger partial charge in [-0.3, -0.25) is 9.20 Å². The number of hydrogen-bond donors (Lipinski definition) is 1. The molecule has 0 aromatic carbocycles. The minimum atomic E-state index is -0.131. The molecule has 5 heteroatoms. The number of aryl methyl sites for hydroxylation is 1. The predicted molar refractivity (Wildman–Crippen MR) is 69.1 cm³/mol. The van der Waals surface area contributed by atoms with Crippen LogP contribution in [0.4, 0.5) is 0 Å². The van der Waals surface area contributed by atoms with Gasteiger partial charge in [-0.05, 0) is 25.5 Å². The lowest BCUT2D eigenvalue weighted by Crippen LogP contribution is -2.21. The van der Waals surface area contributed by atoms with Gasteiger partial charge < -0.3 is 10.1 Å². The number of imidazole rings is 1. The molecule has 0 bridgehead atoms. The third-order valence-corrected chi connectivity index (χ3v) is 2.76. The molecule has 0 saturated carbocycles. The first-order chi connectivity index (χ1) is 8.72. The van der Waals surface area contributed by atoms with Crippen LogP contribution in [0.15, 0.2) is 18.3 Å². The van der Waals surface area contributed by atoms with E-state index in [2.05, 4.69) is 10.3 Å². The van der Waals surface area contributed by atoms with Crippen LogP contribution in [-0.4, -0.2) is 28.9 Å². The van der Waals surface area contributed by atoms with Crippen molar-refractivity contribution in [2.75, 3.05) is 13.7 Å². The van der Waals surface area contributed by atoms with Crippen molar-refractivity contribution in [3.05, 3.63) is 29.7 Å². The number of ether oxygens (including phenoxy) is 1. The Morgan fingerprint density at radius 2 is 2.28 bits per heavy atom. The standard InChI is InChI=1S/C13H17N3O2/c1-4-9-11(13(17)14-3)16-8-6-7-10(18-5-2)12(16)15-9/h6-8H,4-5H2,1-3H3,(H,14,17). The molecule has 2 rings (SSSR count). The summed E-state index contributed by atoms with van der Waals surface area (Å²) < 4.78 is 7.31. The summed E-state index contributed by atoms with van der Waals surface area (Å²) in [5, 5.41) is 2.65. The van der Waals surface area contributed by atoms with Crippen LogP contribution < -0.4 is 10.1 Å². The van der Waals surface area contributed by atoms with E-state index in [4.69, 9.17) is 4.74 Å². The number of fused-ring (bicyclic) bond motifs is 1. The third kappa shape index (κ3) is 1.92. The number of aromatic nitrogens is 2. The Morgan fingerprint density at radius 1 is 1.50 bits per heavy atom. The second-order valence-electron chi connectivity index (χ2n) is 3.84. The van der Waals surface area contributed by atoms with Crippen molar-refractivity contribution in [3.8, 4) is 5.75 Å². The number of nitrogens with zero attached hydrogens (tertiary/aromatic N) is 2. The minimum Gasteiger partial charge on any atom is -0.490 e. The minimum absolute atomic E-state index is 0.131. The summed E-state index contributed by atoms with van der Waals surface area (Å²) >= 11 is 0. The molecule has 96 valence electrons. The Balaban J connectivity index is 2.69. The summed E-state index contributed by atoms with van der Waals surface area (Å²) in [6, 6.07) is 3.71. The van der Waals surface area contributed by atoms with Gasteiger partial charge in [0.15, 0.2) is 11.4 Å². The van der Waals surface area contributed by atoms with Gasteiger partial charge in [-0.15, -0.1) is 0 Å². The molecule has 1 amide bonds. The summed E-state index contributed by atoms with van der Waals surface area (Å²) in [6.45, 7) is 4.48. The highest BCUT2D eigenvalue weighted by atomic mass is 16.5. The SMILES string of the molecule is CCOc1cccn2c(C(=O)NC)c(CC)nc12. The average molecular weight is 247 g/mol. The molecule has 0 fully saturated rings. The zero-order chi connectivity index (χ0) is 13.1. The highest BCUT2D eigenvalue weighted by Gasteiger charge is 2.18. The van der Waals surface area contributed by atoms with Gasteiger partial charge in [-0.1, -0.05) is 6.92 Å². The smallest absolute Gasteiger partial charge is 0.269 e. The molecule has 0 unspecified atom stereocenters. The van der Waals surface area contributed by atoms with E-state index in [0.717, 1.165) is 5.69 Å². The molecule has 0 spiro atoms. The molecule has 5 nitrogen and oxygen atoms in total. The first kappa shape index (κ1) is 12.4. The van der Waals surface area contributed by atoms with E-state index in [1.807, 2.05) is 32.2 Å². The number of pyridine rings is 1. The van der Waals surface area contributed by atoms with E-state index in [1.54, 1.807) is 11.4 Å². The monoisotopic (exact) mass is 247 g/mol. The molecular weight excluding hydrogens is 230 g/mol. The lowest BCUT2D eigenvalue weighted by Gasteiger charge is -2.05. The van der Waals surface area contributed by atoms with Gasteiger partial charge in [0, 0.05) is 13.2 Å². The van der Waals surface area contributed by atoms with E-state index in [1.165, 1.54) is 0 Å². The molecule has 0 aliphatic carbocycles. The van der Waals surface area contributed by atoms with Gasteiger partial charge in [-0.25, -0.2) is 4.98 Å². The van der Waals surface area contributed by atoms with Crippen molar-refractivity contribution in [2.45, 2.75) is 20.3 Å². The molecule has 2 heterocycles. The van der Waals surface area contributed by atoms with Crippen LogP contribution in [0.3, 0.4) is 0 Å². The topological polar surface area (TPSA) is 55.6 Å². The maximum atomic E-state index is 11.9. The normalized spacial score (nSPS) is 10.6. The van der Waals surface area contributed by atoms with Crippen molar-refractivity contribution < 1.29 is 9.53 Å². The highest BCUT2D eigenvalue weighted by Crippen LogP contribution is 2.22. The van der Waals surface area contributed by atoms with Crippen LogP contribution in [0, 0.1) is 0 Å². The first-order valence-electron chi connectivity index (χ1n) is 6.07. The number of carbonyl (C=O) groups excluding carboxylic acids is 1. The van der Waals surface area contributed by atoms with E-state index >= 15 is 0 Å². The molecule has 2 aromatic heterocycles. The summed E-state index contributed by atoms with van der Waals surface area (Å²) in [5.41, 5.74) is 2.05. The van der Waals surface area contributed by atoms with Crippen LogP contribution in [-0.2, 0) is 6.42 Å². The Kier molecular flexibility index (Phi) is 3.50. The molecule has 0 atom stereocenters. The fraction of sp³-hybridized carbons (Fsp3) is 0.385. The number of hydrogen-bond acceptors (Lipinski definition) is 3. The Bertz CT molecular complexity index is 575. The van der Waals surface area contributed by atoms with Gasteiger partial charge in [0.2, 0.25) is 0 Å². The molecular formula is C13H17N3O2. The Hall–Kier alpha value is -2.04. The maximum absolute atomic E-state index is 11.9. The lowest BCUT2D eigenvalue weighted by molar-refractivity contribution is 0.0956. The van der Waals surface area contributed by atoms with Gasteiger partial charge in [0.25, 0.3) is 5.91 Å². The van der Waals surface area contributed by atoms with E-state index in [0.29, 0.717) is 30.1 Å². The number of nitrogens with one attached hydrogen (secondary N) is 1. The molecule has 18 heavy (non-hydrogen) atoms.